The van der Waals surface area contributed by atoms with E-state index in [2.05, 4.69) is 14.9 Å². The van der Waals surface area contributed by atoms with Crippen molar-refractivity contribution in [1.29, 1.82) is 5.26 Å². The van der Waals surface area contributed by atoms with Gasteiger partial charge in [0.1, 0.15) is 17.6 Å². The molecule has 3 aromatic rings. The topological polar surface area (TPSA) is 93.1 Å². The van der Waals surface area contributed by atoms with Gasteiger partial charge in [-0.1, -0.05) is 6.07 Å². The first kappa shape index (κ1) is 19.6. The molecule has 3 heterocycles. The first-order valence-electron chi connectivity index (χ1n) is 9.74. The first-order chi connectivity index (χ1) is 14.5. The number of H-pyrrole nitrogens is 1. The molecule has 0 aliphatic carbocycles. The van der Waals surface area contributed by atoms with Crippen molar-refractivity contribution >= 4 is 22.4 Å². The number of rotatable bonds is 4. The average Bonchev–Trinajstić information content (AvgIpc) is 2.78. The Bertz CT molecular complexity index is 1170. The number of benzene rings is 1. The van der Waals surface area contributed by atoms with Crippen molar-refractivity contribution in [2.75, 3.05) is 31.1 Å². The number of nitrogens with one attached hydrogen (secondary N) is 1. The molecule has 0 radical (unpaired) electrons. The Morgan fingerprint density at radius 2 is 1.97 bits per heavy atom. The molecule has 0 saturated carbocycles. The monoisotopic (exact) mass is 405 g/mol. The molecule has 1 saturated heterocycles. The third-order valence-electron chi connectivity index (χ3n) is 5.33. The van der Waals surface area contributed by atoms with Crippen molar-refractivity contribution in [3.63, 3.8) is 0 Å². The summed E-state index contributed by atoms with van der Waals surface area (Å²) in [6.07, 6.45) is 2.39. The molecule has 1 aliphatic rings. The van der Waals surface area contributed by atoms with Gasteiger partial charge < -0.3 is 14.8 Å². The van der Waals surface area contributed by atoms with Gasteiger partial charge in [-0.3, -0.25) is 9.59 Å². The molecule has 152 valence electrons. The van der Waals surface area contributed by atoms with E-state index >= 15 is 0 Å². The van der Waals surface area contributed by atoms with Crippen LogP contribution in [0.25, 0.3) is 10.8 Å². The molecule has 0 bridgehead atoms. The maximum absolute atomic E-state index is 13.3. The molecule has 1 aliphatic heterocycles. The van der Waals surface area contributed by atoms with Crippen molar-refractivity contribution in [3.8, 4) is 6.07 Å². The highest BCUT2D eigenvalue weighted by atomic mass is 19.1. The van der Waals surface area contributed by atoms with E-state index in [4.69, 9.17) is 5.26 Å². The minimum Gasteiger partial charge on any atom is -0.367 e. The van der Waals surface area contributed by atoms with Crippen LogP contribution in [0.3, 0.4) is 0 Å². The molecule has 0 atom stereocenters. The summed E-state index contributed by atoms with van der Waals surface area (Å²) in [5.41, 5.74) is 1.63. The van der Waals surface area contributed by atoms with E-state index in [-0.39, 0.29) is 11.5 Å². The molecule has 1 N–H and O–H groups in total. The summed E-state index contributed by atoms with van der Waals surface area (Å²) >= 11 is 0. The first-order valence-corrected chi connectivity index (χ1v) is 9.74. The number of fused-ring (bicyclic) bond motifs is 1. The van der Waals surface area contributed by atoms with E-state index in [1.165, 1.54) is 12.1 Å². The van der Waals surface area contributed by atoms with Gasteiger partial charge in [-0.25, -0.2) is 9.37 Å². The van der Waals surface area contributed by atoms with E-state index < -0.39 is 5.82 Å². The van der Waals surface area contributed by atoms with E-state index in [0.717, 1.165) is 5.69 Å². The van der Waals surface area contributed by atoms with Gasteiger partial charge >= 0.3 is 0 Å². The number of hydrogen-bond acceptors (Lipinski definition) is 5. The third kappa shape index (κ3) is 4.15. The second kappa shape index (κ2) is 8.33. The van der Waals surface area contributed by atoms with Crippen LogP contribution in [-0.4, -0.2) is 47.0 Å². The Morgan fingerprint density at radius 3 is 2.67 bits per heavy atom. The van der Waals surface area contributed by atoms with E-state index in [0.29, 0.717) is 61.2 Å². The Labute approximate surface area is 172 Å². The van der Waals surface area contributed by atoms with Crippen LogP contribution in [-0.2, 0) is 11.2 Å². The normalized spacial score (nSPS) is 14.0. The van der Waals surface area contributed by atoms with E-state index in [1.54, 1.807) is 24.4 Å². The lowest BCUT2D eigenvalue weighted by atomic mass is 10.1. The third-order valence-corrected chi connectivity index (χ3v) is 5.33. The molecule has 1 aromatic carbocycles. The number of nitrogens with zero attached hydrogens (tertiary/aromatic N) is 4. The number of carbonyl (C=O) groups is 1. The number of carbonyl (C=O) groups excluding carboxylic acids is 1. The molecule has 0 unspecified atom stereocenters. The Kier molecular flexibility index (Phi) is 5.44. The predicted molar refractivity (Wildman–Crippen MR) is 111 cm³/mol. The van der Waals surface area contributed by atoms with Gasteiger partial charge in [-0.05, 0) is 42.1 Å². The fourth-order valence-corrected chi connectivity index (χ4v) is 3.68. The largest absolute Gasteiger partial charge is 0.367 e. The Morgan fingerprint density at radius 1 is 1.17 bits per heavy atom. The molecular weight excluding hydrogens is 385 g/mol. The fraction of sp³-hybridized carbons (Fsp3) is 0.273. The quantitative estimate of drug-likeness (QED) is 0.718. The molecule has 2 aromatic heterocycles. The van der Waals surface area contributed by atoms with Crippen molar-refractivity contribution in [2.45, 2.75) is 12.8 Å². The van der Waals surface area contributed by atoms with Crippen LogP contribution in [0.15, 0.2) is 47.4 Å². The van der Waals surface area contributed by atoms with Gasteiger partial charge in [-0.15, -0.1) is 0 Å². The zero-order valence-corrected chi connectivity index (χ0v) is 16.3. The number of halogens is 1. The summed E-state index contributed by atoms with van der Waals surface area (Å²) < 4.78 is 13.3. The summed E-state index contributed by atoms with van der Waals surface area (Å²) in [7, 11) is 0. The van der Waals surface area contributed by atoms with Gasteiger partial charge in [0, 0.05) is 43.7 Å². The standard InChI is InChI=1S/C22H20FN5O2/c23-16-2-1-15-11-17(26-22(30)20(15)12-16)4-6-21(29)28-9-7-27(8-10-28)19-5-3-18(13-24)25-14-19/h1-3,5,11-12,14H,4,6-10H2,(H,26,30). The highest BCUT2D eigenvalue weighted by Gasteiger charge is 2.21. The van der Waals surface area contributed by atoms with Crippen molar-refractivity contribution in [1.82, 2.24) is 14.9 Å². The highest BCUT2D eigenvalue weighted by molar-refractivity contribution is 5.82. The van der Waals surface area contributed by atoms with Crippen LogP contribution < -0.4 is 10.5 Å². The van der Waals surface area contributed by atoms with Gasteiger partial charge in [-0.2, -0.15) is 5.26 Å². The number of aryl methyl sites for hydroxylation is 1. The van der Waals surface area contributed by atoms with Crippen molar-refractivity contribution in [2.24, 2.45) is 0 Å². The number of amides is 1. The predicted octanol–water partition coefficient (Wildman–Crippen LogP) is 2.22. The van der Waals surface area contributed by atoms with Crippen LogP contribution in [0.5, 0.6) is 0 Å². The summed E-state index contributed by atoms with van der Waals surface area (Å²) in [4.78, 5) is 35.6. The SMILES string of the molecule is N#Cc1ccc(N2CCN(C(=O)CCc3cc4ccc(F)cc4c(=O)[nH]3)CC2)cn1. The molecule has 8 heteroatoms. The summed E-state index contributed by atoms with van der Waals surface area (Å²) in [5, 5.41) is 9.80. The molecular formula is C22H20FN5O2. The van der Waals surface area contributed by atoms with Crippen LogP contribution >= 0.6 is 0 Å². The van der Waals surface area contributed by atoms with Crippen LogP contribution in [0.1, 0.15) is 17.8 Å². The van der Waals surface area contributed by atoms with Crippen LogP contribution in [0.4, 0.5) is 10.1 Å². The lowest BCUT2D eigenvalue weighted by Crippen LogP contribution is -2.48. The number of aromatic nitrogens is 2. The molecule has 1 fully saturated rings. The number of nitriles is 1. The van der Waals surface area contributed by atoms with Gasteiger partial charge in [0.2, 0.25) is 5.91 Å². The summed E-state index contributed by atoms with van der Waals surface area (Å²) in [5.74, 6) is -0.417. The van der Waals surface area contributed by atoms with Gasteiger partial charge in [0.15, 0.2) is 0 Å². The number of anilines is 1. The van der Waals surface area contributed by atoms with Crippen molar-refractivity contribution in [3.05, 3.63) is 70.2 Å². The lowest BCUT2D eigenvalue weighted by Gasteiger charge is -2.36. The molecule has 1 amide bonds. The van der Waals surface area contributed by atoms with Crippen LogP contribution in [0.2, 0.25) is 0 Å². The smallest absolute Gasteiger partial charge is 0.256 e. The number of hydrogen-bond donors (Lipinski definition) is 1. The number of piperazine rings is 1. The molecule has 30 heavy (non-hydrogen) atoms. The van der Waals surface area contributed by atoms with E-state index in [9.17, 15) is 14.0 Å². The van der Waals surface area contributed by atoms with E-state index in [1.807, 2.05) is 17.0 Å². The minimum atomic E-state index is -0.452. The maximum atomic E-state index is 13.3. The zero-order chi connectivity index (χ0) is 21.1. The maximum Gasteiger partial charge on any atom is 0.256 e. The van der Waals surface area contributed by atoms with Crippen molar-refractivity contribution < 1.29 is 9.18 Å². The summed E-state index contributed by atoms with van der Waals surface area (Å²) in [6.45, 7) is 2.59. The second-order valence-corrected chi connectivity index (χ2v) is 7.24. The highest BCUT2D eigenvalue weighted by Crippen LogP contribution is 2.17. The van der Waals surface area contributed by atoms with Crippen LogP contribution in [0, 0.1) is 17.1 Å². The summed E-state index contributed by atoms with van der Waals surface area (Å²) in [6, 6.07) is 11.4. The second-order valence-electron chi connectivity index (χ2n) is 7.24. The minimum absolute atomic E-state index is 0.0349. The number of aromatic amines is 1. The average molecular weight is 405 g/mol. The molecule has 4 rings (SSSR count). The lowest BCUT2D eigenvalue weighted by molar-refractivity contribution is -0.131. The fourth-order valence-electron chi connectivity index (χ4n) is 3.68. The Balaban J connectivity index is 1.34. The van der Waals surface area contributed by atoms with Gasteiger partial charge in [0.05, 0.1) is 11.9 Å². The molecule has 0 spiro atoms. The number of pyridine rings is 2. The molecule has 7 nitrogen and oxygen atoms in total. The van der Waals surface area contributed by atoms with Gasteiger partial charge in [0.25, 0.3) is 5.56 Å². The zero-order valence-electron chi connectivity index (χ0n) is 16.3. The Hall–Kier alpha value is -3.73.